The predicted molar refractivity (Wildman–Crippen MR) is 378 cm³/mol. The predicted octanol–water partition coefficient (Wildman–Crippen LogP) is 16.9. The second-order valence-corrected chi connectivity index (χ2v) is 39.4. The van der Waals surface area contributed by atoms with Crippen LogP contribution in [0.15, 0.2) is 191 Å². The number of rotatable bonds is 8. The third kappa shape index (κ3) is 22.9. The zero-order valence-electron chi connectivity index (χ0n) is 54.3. The van der Waals surface area contributed by atoms with Crippen LogP contribution in [0.2, 0.25) is 0 Å². The number of H-pyrrole nitrogens is 1. The topological polar surface area (TPSA) is 216 Å². The van der Waals surface area contributed by atoms with Crippen LogP contribution in [0.5, 0.6) is 0 Å². The van der Waals surface area contributed by atoms with E-state index in [9.17, 15) is 102 Å². The Labute approximate surface area is 657 Å². The van der Waals surface area contributed by atoms with Gasteiger partial charge in [0.05, 0.1) is 114 Å². The first-order chi connectivity index (χ1) is 51.9. The van der Waals surface area contributed by atoms with Crippen molar-refractivity contribution < 1.29 is 101 Å². The fourth-order valence-electron chi connectivity index (χ4n) is 9.36. The number of alkyl halides is 19. The fourth-order valence-corrected chi connectivity index (χ4v) is 10.1. The van der Waals surface area contributed by atoms with Crippen LogP contribution in [-0.2, 0) is 49.5 Å². The minimum atomic E-state index is -5.02. The number of benzene rings is 5. The van der Waals surface area contributed by atoms with E-state index >= 15 is 0 Å². The number of pyridine rings is 2. The van der Waals surface area contributed by atoms with Crippen LogP contribution in [0, 0.1) is 18.6 Å². The first-order valence-corrected chi connectivity index (χ1v) is 43.9. The Bertz CT molecular complexity index is 5420. The van der Waals surface area contributed by atoms with Crippen LogP contribution in [-0.4, -0.2) is 72.3 Å². The second kappa shape index (κ2) is 36.6. The number of nitrogens with one attached hydrogen (secondary N) is 1. The molecule has 0 saturated heterocycles. The number of nitrogens with zero attached hydrogens (tertiary/aromatic N) is 14. The van der Waals surface area contributed by atoms with Crippen molar-refractivity contribution in [1.82, 2.24) is 72.3 Å². The summed E-state index contributed by atoms with van der Waals surface area (Å²) in [5.74, 6) is 0.0391. The van der Waals surface area contributed by atoms with Crippen LogP contribution < -0.4 is 30.3 Å². The van der Waals surface area contributed by atoms with Crippen LogP contribution in [0.4, 0.5) is 87.8 Å². The average Bonchev–Trinajstić information content (AvgIpc) is 1.77. The van der Waals surface area contributed by atoms with Gasteiger partial charge in [-0.05, 0) is 116 Å². The van der Waals surface area contributed by atoms with E-state index in [0.29, 0.717) is 71.3 Å². The van der Waals surface area contributed by atoms with Crippen molar-refractivity contribution in [1.29, 1.82) is 0 Å². The molecule has 0 atom stereocenters. The van der Waals surface area contributed by atoms with Crippen molar-refractivity contribution in [2.75, 3.05) is 0 Å². The Morgan fingerprint density at radius 3 is 1.23 bits per heavy atom. The first-order valence-electron chi connectivity index (χ1n) is 29.8. The summed E-state index contributed by atoms with van der Waals surface area (Å²) in [4.78, 5) is 52.3. The van der Waals surface area contributed by atoms with E-state index < -0.39 is 110 Å². The van der Waals surface area contributed by atoms with Crippen LogP contribution in [0.1, 0.15) is 50.5 Å². The standard InChI is InChI=1S/C25H14F7N5.C13H7ClF6N2.C13H8F6N2.C12H8FN3.C3Cl3N3O3.I3/c26-19-4-2-1-3-17(19)23-33-21-9-10-37(13-22(21)34-23)12-15-6-8-20(36-35-15)16-7-5-14(24(27,28)29)11-18(16)25(30,31)32;14-6-8-2-4-11(22-21-8)9-3-1-7(12(15,16)17)5-10(9)13(18,19)20;1-7-2-5-11(21-20-7)9-4-3-8(12(14,15)16)6-10(9)13(17,18)19;13-9-4-2-1-3-8(9)12-15-10-5-6-14-7-11(10)16-12;4-7-1(10)8(5)3(12)9(6)2(7)11;1-3-2/h1-11,13H,12H2;1-5H,6H2;2-6H,1H3;1-7H,(H,15,16);;/q;;;;;-1. The maximum Gasteiger partial charge on any atom is 0.366 e. The summed E-state index contributed by atoms with van der Waals surface area (Å²) in [6.45, 7) is 1.76. The molecule has 13 rings (SSSR count). The van der Waals surface area contributed by atoms with E-state index in [1.807, 2.05) is 0 Å². The zero-order valence-corrected chi connectivity index (χ0v) is 63.8. The molecule has 111 heavy (non-hydrogen) atoms. The van der Waals surface area contributed by atoms with Gasteiger partial charge in [-0.2, -0.15) is 110 Å². The molecule has 0 spiro atoms. The van der Waals surface area contributed by atoms with E-state index in [2.05, 4.69) is 92.7 Å². The van der Waals surface area contributed by atoms with Crippen molar-refractivity contribution in [2.24, 2.45) is 0 Å². The van der Waals surface area contributed by atoms with E-state index in [-0.39, 0.29) is 77.2 Å². The van der Waals surface area contributed by atoms with Gasteiger partial charge in [-0.15, -0.1) is 23.9 Å². The number of hydrogen-bond acceptors (Lipinski definition) is 13. The quantitative estimate of drug-likeness (QED) is 0.0852. The van der Waals surface area contributed by atoms with E-state index in [0.717, 1.165) is 29.2 Å². The monoisotopic (exact) mass is 1990 g/mol. The molecule has 584 valence electrons. The fraction of sp³-hybridized carbons (Fsp3) is 0.136. The molecule has 0 radical (unpaired) electrons. The Morgan fingerprint density at radius 1 is 0.441 bits per heavy atom. The van der Waals surface area contributed by atoms with Gasteiger partial charge in [0.2, 0.25) is 0 Å². The maximum atomic E-state index is 14.1. The number of aromatic amines is 1. The SMILES string of the molecule is Cc1ccc(-c2ccc(C(F)(F)F)cc2C(F)(F)F)nn1.FC(F)(F)c1ccc(-c2ccc(CCl)nn2)c(C(F)(F)F)c1.Fc1ccccc1-c1nc2ccn(Cc3ccc(-c4ccc(C(F)(F)F)cc4C(F)(F)F)nn3)cc-2n1.Fc1ccccc1-c1nc2ccncc2[nH]1.I[I-]I.O=c1n(Cl)c(=O)n(Cl)c(=O)n1Cl. The van der Waals surface area contributed by atoms with Crippen molar-refractivity contribution in [3.05, 3.63) is 270 Å². The second-order valence-electron chi connectivity index (χ2n) is 21.9. The summed E-state index contributed by atoms with van der Waals surface area (Å²) in [5.41, 5.74) is -9.33. The molecule has 0 fully saturated rings. The van der Waals surface area contributed by atoms with Crippen LogP contribution >= 0.6 is 84.2 Å². The minimum Gasteiger partial charge on any atom is -0.244 e. The minimum absolute atomic E-state index is 0.0203. The molecular weight excluding hydrogens is 1950 g/mol. The van der Waals surface area contributed by atoms with Gasteiger partial charge in [0, 0.05) is 70.6 Å². The van der Waals surface area contributed by atoms with Crippen LogP contribution in [0.25, 0.3) is 79.0 Å². The Hall–Kier alpha value is -9.06. The van der Waals surface area contributed by atoms with E-state index in [1.165, 1.54) is 48.5 Å². The molecule has 2 aliphatic rings. The molecule has 8 heterocycles. The molecule has 18 nitrogen and oxygen atoms in total. The number of imidazole rings is 2. The van der Waals surface area contributed by atoms with Crippen molar-refractivity contribution in [3.63, 3.8) is 0 Å². The van der Waals surface area contributed by atoms with Gasteiger partial charge in [-0.25, -0.2) is 38.1 Å². The van der Waals surface area contributed by atoms with Gasteiger partial charge in [0.25, 0.3) is 0 Å². The van der Waals surface area contributed by atoms with Crippen molar-refractivity contribution in [2.45, 2.75) is 56.4 Å². The third-order valence-electron chi connectivity index (χ3n) is 14.5. The number of aromatic nitrogens is 15. The Balaban J connectivity index is 0.000000182. The zero-order chi connectivity index (χ0) is 81.9. The summed E-state index contributed by atoms with van der Waals surface area (Å²) in [6, 6.07) is 28.2. The average molecular weight is 1990 g/mol. The summed E-state index contributed by atoms with van der Waals surface area (Å²) >= 11 is 26.1. The molecular formula is C66H37Cl4F20I3N15O3-. The van der Waals surface area contributed by atoms with Gasteiger partial charge < -0.3 is 9.55 Å². The maximum absolute atomic E-state index is 14.1. The molecule has 0 unspecified atom stereocenters. The van der Waals surface area contributed by atoms with Gasteiger partial charge in [-0.3, -0.25) is 4.98 Å². The largest absolute Gasteiger partial charge is 0.366 e. The van der Waals surface area contributed by atoms with E-state index in [1.54, 1.807) is 84.8 Å². The molecule has 0 saturated carbocycles. The van der Waals surface area contributed by atoms with Crippen molar-refractivity contribution >= 4 is 95.2 Å². The van der Waals surface area contributed by atoms with Gasteiger partial charge in [0.1, 0.15) is 23.2 Å². The molecule has 0 bridgehead atoms. The van der Waals surface area contributed by atoms with Gasteiger partial charge in [0.15, 0.2) is 5.82 Å². The number of aryl methyl sites for hydroxylation is 1. The smallest absolute Gasteiger partial charge is 0.244 e. The molecule has 0 amide bonds. The molecule has 0 aliphatic carbocycles. The van der Waals surface area contributed by atoms with Crippen LogP contribution in [0.3, 0.4) is 0 Å². The summed E-state index contributed by atoms with van der Waals surface area (Å²) in [5, 5.41) is 22.1. The molecule has 6 aromatic heterocycles. The first kappa shape index (κ1) is 87.5. The normalized spacial score (nSPS) is 11.8. The number of hydrogen-bond donors (Lipinski definition) is 1. The molecule has 2 aliphatic heterocycles. The van der Waals surface area contributed by atoms with Crippen molar-refractivity contribution in [3.8, 4) is 67.9 Å². The Kier molecular flexibility index (Phi) is 28.9. The summed E-state index contributed by atoms with van der Waals surface area (Å²) < 4.78 is 262. The number of halogens is 27. The third-order valence-corrected chi connectivity index (χ3v) is 15.6. The molecule has 1 N–H and O–H groups in total. The Morgan fingerprint density at radius 2 is 0.847 bits per heavy atom. The number of fused-ring (bicyclic) bond motifs is 2. The summed E-state index contributed by atoms with van der Waals surface area (Å²) in [7, 11) is 0. The molecule has 11 aromatic rings. The molecule has 5 aromatic carbocycles. The van der Waals surface area contributed by atoms with Gasteiger partial charge in [-0.1, -0.05) is 42.5 Å². The molecule has 45 heteroatoms. The summed E-state index contributed by atoms with van der Waals surface area (Å²) in [6.07, 6.45) is -22.9. The van der Waals surface area contributed by atoms with E-state index in [4.69, 9.17) is 46.9 Å². The van der Waals surface area contributed by atoms with Gasteiger partial charge >= 0.3 is 105 Å².